The van der Waals surface area contributed by atoms with Crippen molar-refractivity contribution in [3.63, 3.8) is 0 Å². The van der Waals surface area contributed by atoms with Crippen LogP contribution in [0.5, 0.6) is 5.75 Å². The molecule has 1 unspecified atom stereocenters. The molecule has 2 heterocycles. The van der Waals surface area contributed by atoms with Gasteiger partial charge in [-0.1, -0.05) is 70.2 Å². The molecule has 0 bridgehead atoms. The lowest BCUT2D eigenvalue weighted by molar-refractivity contribution is -0.763. The van der Waals surface area contributed by atoms with Gasteiger partial charge in [0.25, 0.3) is 6.17 Å². The Morgan fingerprint density at radius 3 is 2.54 bits per heavy atom. The number of ether oxygens (including phenoxy) is 1. The first-order chi connectivity index (χ1) is 17.8. The van der Waals surface area contributed by atoms with Crippen LogP contribution < -0.4 is 19.9 Å². The highest BCUT2D eigenvalue weighted by Crippen LogP contribution is 2.40. The van der Waals surface area contributed by atoms with Gasteiger partial charge in [0.2, 0.25) is 11.1 Å². The van der Waals surface area contributed by atoms with Crippen molar-refractivity contribution in [2.75, 3.05) is 4.90 Å². The minimum atomic E-state index is -0.814. The first-order valence-electron chi connectivity index (χ1n) is 11.4. The number of esters is 1. The number of nitrogens with one attached hydrogen (secondary N) is 1. The number of halogens is 1. The van der Waals surface area contributed by atoms with Crippen LogP contribution in [-0.4, -0.2) is 22.0 Å². The van der Waals surface area contributed by atoms with Crippen LogP contribution in [0.2, 0.25) is 0 Å². The van der Waals surface area contributed by atoms with Crippen LogP contribution in [-0.2, 0) is 15.3 Å². The van der Waals surface area contributed by atoms with Crippen molar-refractivity contribution < 1.29 is 19.0 Å². The molecule has 3 aromatic carbocycles. The van der Waals surface area contributed by atoms with Crippen molar-refractivity contribution in [2.45, 2.75) is 30.9 Å². The third kappa shape index (κ3) is 4.94. The van der Waals surface area contributed by atoms with Gasteiger partial charge in [-0.3, -0.25) is 19.4 Å². The second kappa shape index (κ2) is 10.3. The van der Waals surface area contributed by atoms with Crippen molar-refractivity contribution in [3.8, 4) is 17.0 Å². The average molecular weight is 578 g/mol. The summed E-state index contributed by atoms with van der Waals surface area (Å²) in [4.78, 5) is 42.7. The molecule has 0 saturated carbocycles. The summed E-state index contributed by atoms with van der Waals surface area (Å²) in [5.41, 5.74) is 2.87. The minimum Gasteiger partial charge on any atom is -0.427 e. The van der Waals surface area contributed by atoms with E-state index in [-0.39, 0.29) is 11.5 Å². The molecule has 1 aliphatic heterocycles. The molecule has 1 amide bonds. The predicted molar refractivity (Wildman–Crippen MR) is 143 cm³/mol. The summed E-state index contributed by atoms with van der Waals surface area (Å²) in [6.07, 6.45) is -0.814. The van der Waals surface area contributed by atoms with Crippen LogP contribution in [0.1, 0.15) is 31.1 Å². The summed E-state index contributed by atoms with van der Waals surface area (Å²) in [6, 6.07) is 22.2. The van der Waals surface area contributed by atoms with Crippen LogP contribution in [0.4, 0.5) is 5.69 Å². The van der Waals surface area contributed by atoms with Gasteiger partial charge in [-0.25, -0.2) is 4.90 Å². The van der Waals surface area contributed by atoms with E-state index in [0.717, 1.165) is 5.56 Å². The third-order valence-corrected chi connectivity index (χ3v) is 7.48. The smallest absolute Gasteiger partial charge is 0.325 e. The molecule has 0 spiro atoms. The monoisotopic (exact) mass is 577 g/mol. The Morgan fingerprint density at radius 2 is 1.81 bits per heavy atom. The summed E-state index contributed by atoms with van der Waals surface area (Å²) in [6.45, 7) is 2.79. The molecule has 1 atom stereocenters. The van der Waals surface area contributed by atoms with E-state index in [0.29, 0.717) is 43.6 Å². The van der Waals surface area contributed by atoms with Crippen molar-refractivity contribution >= 4 is 45.3 Å². The number of benzene rings is 3. The molecule has 0 aliphatic carbocycles. The molecule has 1 aromatic heterocycles. The van der Waals surface area contributed by atoms with E-state index >= 15 is 0 Å². The number of amides is 1. The number of hydrogen-bond donors (Lipinski definition) is 1. The van der Waals surface area contributed by atoms with Crippen LogP contribution in [0.3, 0.4) is 0 Å². The number of thioether (sulfide) groups is 1. The standard InChI is InChI=1S/C27H21BrN4O4S/c1-16(33)31-23-11-7-6-10-20(23)24-25(35)29-27(37-15-18-8-4-3-5-9-18)30-32(24)26(31)21-14-19(36-17(2)34)12-13-22(21)28/h3-14,26H,15H2,1-2H3/p+1. The fourth-order valence-electron chi connectivity index (χ4n) is 4.33. The second-order valence-electron chi connectivity index (χ2n) is 8.38. The Morgan fingerprint density at radius 1 is 1.08 bits per heavy atom. The van der Waals surface area contributed by atoms with E-state index < -0.39 is 12.1 Å². The summed E-state index contributed by atoms with van der Waals surface area (Å²) < 4.78 is 7.57. The lowest BCUT2D eigenvalue weighted by Crippen LogP contribution is -2.60. The highest BCUT2D eigenvalue weighted by molar-refractivity contribution is 9.10. The maximum absolute atomic E-state index is 13.5. The highest BCUT2D eigenvalue weighted by atomic mass is 79.9. The number of aromatic amines is 1. The topological polar surface area (TPSA) is 96.2 Å². The van der Waals surface area contributed by atoms with Crippen LogP contribution >= 0.6 is 27.7 Å². The Hall–Kier alpha value is -3.76. The zero-order valence-corrected chi connectivity index (χ0v) is 22.4. The molecule has 5 rings (SSSR count). The van der Waals surface area contributed by atoms with Crippen molar-refractivity contribution in [3.05, 3.63) is 98.7 Å². The number of carbonyl (C=O) groups is 2. The fraction of sp³-hybridized carbons (Fsp3) is 0.148. The molecule has 186 valence electrons. The van der Waals surface area contributed by atoms with Crippen molar-refractivity contribution in [1.82, 2.24) is 10.1 Å². The maximum atomic E-state index is 13.5. The van der Waals surface area contributed by atoms with Gasteiger partial charge in [0.05, 0.1) is 16.8 Å². The molecule has 1 aliphatic rings. The van der Waals surface area contributed by atoms with E-state index in [2.05, 4.69) is 20.9 Å². The first kappa shape index (κ1) is 24.9. The lowest BCUT2D eigenvalue weighted by atomic mass is 10.0. The summed E-state index contributed by atoms with van der Waals surface area (Å²) in [5.74, 6) is 0.222. The van der Waals surface area contributed by atoms with E-state index in [1.807, 2.05) is 42.5 Å². The van der Waals surface area contributed by atoms with Gasteiger partial charge in [0, 0.05) is 29.2 Å². The molecule has 1 N–H and O–H groups in total. The van der Waals surface area contributed by atoms with Gasteiger partial charge in [0.1, 0.15) is 5.75 Å². The number of para-hydroxylation sites is 1. The molecule has 10 heteroatoms. The maximum Gasteiger partial charge on any atom is 0.325 e. The zero-order chi connectivity index (χ0) is 26.1. The third-order valence-electron chi connectivity index (χ3n) is 5.82. The molecule has 0 radical (unpaired) electrons. The van der Waals surface area contributed by atoms with E-state index in [1.54, 1.807) is 39.9 Å². The molecular weight excluding hydrogens is 556 g/mol. The van der Waals surface area contributed by atoms with Crippen LogP contribution in [0.25, 0.3) is 11.3 Å². The van der Waals surface area contributed by atoms with Crippen LogP contribution in [0.15, 0.2) is 87.2 Å². The number of carbonyl (C=O) groups excluding carboxylic acids is 2. The van der Waals surface area contributed by atoms with Gasteiger partial charge in [-0.05, 0) is 40.6 Å². The lowest BCUT2D eigenvalue weighted by Gasteiger charge is -2.31. The Labute approximate surface area is 225 Å². The highest BCUT2D eigenvalue weighted by Gasteiger charge is 2.45. The number of hydrogen-bond acceptors (Lipinski definition) is 6. The number of rotatable bonds is 5. The van der Waals surface area contributed by atoms with Gasteiger partial charge in [-0.15, -0.1) is 0 Å². The van der Waals surface area contributed by atoms with Crippen molar-refractivity contribution in [2.24, 2.45) is 0 Å². The summed E-state index contributed by atoms with van der Waals surface area (Å²) >= 11 is 4.98. The molecule has 37 heavy (non-hydrogen) atoms. The zero-order valence-electron chi connectivity index (χ0n) is 20.0. The number of aromatic nitrogens is 3. The van der Waals surface area contributed by atoms with E-state index in [1.165, 1.54) is 25.6 Å². The Kier molecular flexibility index (Phi) is 6.94. The minimum absolute atomic E-state index is 0.235. The van der Waals surface area contributed by atoms with E-state index in [9.17, 15) is 14.4 Å². The number of H-pyrrole nitrogens is 1. The molecule has 0 saturated heterocycles. The van der Waals surface area contributed by atoms with Gasteiger partial charge in [0.15, 0.2) is 0 Å². The summed E-state index contributed by atoms with van der Waals surface area (Å²) in [5, 5.41) is 5.23. The number of nitrogens with zero attached hydrogens (tertiary/aromatic N) is 3. The van der Waals surface area contributed by atoms with Gasteiger partial charge >= 0.3 is 17.2 Å². The predicted octanol–water partition coefficient (Wildman–Crippen LogP) is 4.62. The fourth-order valence-corrected chi connectivity index (χ4v) is 5.59. The summed E-state index contributed by atoms with van der Waals surface area (Å²) in [7, 11) is 0. The Balaban J connectivity index is 1.71. The second-order valence-corrected chi connectivity index (χ2v) is 10.2. The molecule has 0 fully saturated rings. The average Bonchev–Trinajstić information content (AvgIpc) is 2.88. The number of anilines is 1. The van der Waals surface area contributed by atoms with Gasteiger partial charge < -0.3 is 4.74 Å². The van der Waals surface area contributed by atoms with Crippen LogP contribution in [0, 0.1) is 0 Å². The van der Waals surface area contributed by atoms with E-state index in [4.69, 9.17) is 9.84 Å². The normalized spacial score (nSPS) is 14.0. The van der Waals surface area contributed by atoms with Gasteiger partial charge in [-0.2, -0.15) is 0 Å². The largest absolute Gasteiger partial charge is 0.427 e. The first-order valence-corrected chi connectivity index (χ1v) is 13.2. The molecular formula is C27H22BrN4O4S+. The Bertz CT molecular complexity index is 1570. The number of fused-ring (bicyclic) bond motifs is 3. The van der Waals surface area contributed by atoms with Crippen molar-refractivity contribution in [1.29, 1.82) is 0 Å². The molecule has 4 aromatic rings. The quantitative estimate of drug-likeness (QED) is 0.161. The molecule has 8 nitrogen and oxygen atoms in total. The SMILES string of the molecule is CC(=O)Oc1ccc(Br)c(C2N(C(C)=O)c3ccccc3-c3c(=O)[nH]c(SCc4ccccc4)n[n+]32)c1.